The van der Waals surface area contributed by atoms with E-state index in [4.69, 9.17) is 23.2 Å². The number of hydrogen-bond acceptors (Lipinski definition) is 2. The minimum absolute atomic E-state index is 0.0159. The fourth-order valence-electron chi connectivity index (χ4n) is 1.43. The van der Waals surface area contributed by atoms with Gasteiger partial charge in [0, 0.05) is 27.7 Å². The quantitative estimate of drug-likeness (QED) is 0.599. The molecule has 2 aromatic carbocycles. The molecule has 3 nitrogen and oxygen atoms in total. The summed E-state index contributed by atoms with van der Waals surface area (Å²) in [5, 5.41) is 11.6. The second-order valence-electron chi connectivity index (χ2n) is 3.34. The lowest BCUT2D eigenvalue weighted by Gasteiger charge is -2.04. The Balaban J connectivity index is 2.58. The summed E-state index contributed by atoms with van der Waals surface area (Å²) >= 11 is 11.9. The van der Waals surface area contributed by atoms with Crippen molar-refractivity contribution in [3.05, 3.63) is 62.6 Å². The molecule has 0 heterocycles. The summed E-state index contributed by atoms with van der Waals surface area (Å²) in [4.78, 5) is 10.2. The van der Waals surface area contributed by atoms with Crippen LogP contribution in [0.3, 0.4) is 0 Å². The smallest absolute Gasteiger partial charge is 0.258 e. The number of nitro groups is 1. The first-order valence-electron chi connectivity index (χ1n) is 4.69. The van der Waals surface area contributed by atoms with Gasteiger partial charge in [0.2, 0.25) is 0 Å². The molecule has 85 valence electrons. The highest BCUT2D eigenvalue weighted by molar-refractivity contribution is 6.34. The van der Waals surface area contributed by atoms with Gasteiger partial charge in [0.05, 0.1) is 4.92 Å². The van der Waals surface area contributed by atoms with Gasteiger partial charge in [-0.25, -0.2) is 0 Å². The summed E-state index contributed by atoms with van der Waals surface area (Å²) in [5.74, 6) is 0. The second-order valence-corrected chi connectivity index (χ2v) is 4.19. The van der Waals surface area contributed by atoms with E-state index in [0.717, 1.165) is 0 Å². The molecule has 0 amide bonds. The van der Waals surface area contributed by atoms with Crippen LogP contribution in [0.2, 0.25) is 10.0 Å². The Morgan fingerprint density at radius 2 is 1.94 bits per heavy atom. The monoisotopic (exact) mass is 266 g/mol. The zero-order valence-corrected chi connectivity index (χ0v) is 10.00. The van der Waals surface area contributed by atoms with Gasteiger partial charge >= 0.3 is 0 Å². The maximum Gasteiger partial charge on any atom is 0.270 e. The highest BCUT2D eigenvalue weighted by Crippen LogP contribution is 2.32. The summed E-state index contributed by atoms with van der Waals surface area (Å²) in [6.07, 6.45) is 0. The Morgan fingerprint density at radius 1 is 1.18 bits per heavy atom. The fourth-order valence-corrected chi connectivity index (χ4v) is 1.82. The van der Waals surface area contributed by atoms with E-state index in [1.165, 1.54) is 18.2 Å². The van der Waals surface area contributed by atoms with Crippen molar-refractivity contribution in [2.75, 3.05) is 0 Å². The van der Waals surface area contributed by atoms with Crippen molar-refractivity contribution in [1.82, 2.24) is 0 Å². The van der Waals surface area contributed by atoms with E-state index in [2.05, 4.69) is 6.07 Å². The minimum Gasteiger partial charge on any atom is -0.258 e. The van der Waals surface area contributed by atoms with E-state index < -0.39 is 4.92 Å². The van der Waals surface area contributed by atoms with Crippen molar-refractivity contribution >= 4 is 28.9 Å². The average Bonchev–Trinajstić information content (AvgIpc) is 2.29. The molecule has 0 aromatic heterocycles. The number of rotatable bonds is 2. The van der Waals surface area contributed by atoms with E-state index in [1.54, 1.807) is 18.2 Å². The zero-order valence-electron chi connectivity index (χ0n) is 8.48. The Kier molecular flexibility index (Phi) is 3.31. The molecule has 0 bridgehead atoms. The van der Waals surface area contributed by atoms with Crippen LogP contribution in [0.5, 0.6) is 0 Å². The summed E-state index contributed by atoms with van der Waals surface area (Å²) in [5.41, 5.74) is 1.16. The number of nitrogens with zero attached hydrogens (tertiary/aromatic N) is 1. The number of benzene rings is 2. The highest BCUT2D eigenvalue weighted by atomic mass is 35.5. The molecule has 0 aliphatic rings. The molecular formula is C12H6Cl2NO2. The maximum atomic E-state index is 10.7. The SMILES string of the molecule is O=[N+]([O-])c1ccc(Cl)c(-c2[c]ccc(Cl)c2)c1. The fraction of sp³-hybridized carbons (Fsp3) is 0. The van der Waals surface area contributed by atoms with Gasteiger partial charge in [-0.3, -0.25) is 10.1 Å². The molecule has 0 fully saturated rings. The molecule has 17 heavy (non-hydrogen) atoms. The third-order valence-electron chi connectivity index (χ3n) is 2.21. The largest absolute Gasteiger partial charge is 0.270 e. The molecule has 5 heteroatoms. The van der Waals surface area contributed by atoms with Crippen LogP contribution in [-0.4, -0.2) is 4.92 Å². The van der Waals surface area contributed by atoms with Crippen LogP contribution in [-0.2, 0) is 0 Å². The van der Waals surface area contributed by atoms with Crippen molar-refractivity contribution in [3.8, 4) is 11.1 Å². The average molecular weight is 267 g/mol. The molecular weight excluding hydrogens is 261 g/mol. The van der Waals surface area contributed by atoms with Crippen LogP contribution in [0.1, 0.15) is 0 Å². The van der Waals surface area contributed by atoms with Crippen LogP contribution < -0.4 is 0 Å². The molecule has 0 unspecified atom stereocenters. The van der Waals surface area contributed by atoms with Gasteiger partial charge in [0.25, 0.3) is 5.69 Å². The zero-order chi connectivity index (χ0) is 12.4. The van der Waals surface area contributed by atoms with E-state index >= 15 is 0 Å². The Hall–Kier alpha value is -1.58. The molecule has 0 spiro atoms. The third-order valence-corrected chi connectivity index (χ3v) is 2.78. The first kappa shape index (κ1) is 11.9. The van der Waals surface area contributed by atoms with Crippen molar-refractivity contribution < 1.29 is 4.92 Å². The van der Waals surface area contributed by atoms with Crippen molar-refractivity contribution in [2.45, 2.75) is 0 Å². The molecule has 2 aromatic rings. The van der Waals surface area contributed by atoms with E-state index in [1.807, 2.05) is 0 Å². The summed E-state index contributed by atoms with van der Waals surface area (Å²) in [7, 11) is 0. The lowest BCUT2D eigenvalue weighted by Crippen LogP contribution is -1.89. The Labute approximate surface area is 108 Å². The number of halogens is 2. The predicted octanol–water partition coefficient (Wildman–Crippen LogP) is 4.37. The highest BCUT2D eigenvalue weighted by Gasteiger charge is 2.11. The Morgan fingerprint density at radius 3 is 2.59 bits per heavy atom. The summed E-state index contributed by atoms with van der Waals surface area (Å²) < 4.78 is 0. The van der Waals surface area contributed by atoms with Gasteiger partial charge in [0.1, 0.15) is 0 Å². The van der Waals surface area contributed by atoms with Crippen LogP contribution in [0.15, 0.2) is 36.4 Å². The van der Waals surface area contributed by atoms with Gasteiger partial charge in [-0.1, -0.05) is 29.3 Å². The van der Waals surface area contributed by atoms with Gasteiger partial charge in [0.15, 0.2) is 0 Å². The number of non-ortho nitro benzene ring substituents is 1. The van der Waals surface area contributed by atoms with Crippen molar-refractivity contribution in [3.63, 3.8) is 0 Å². The predicted molar refractivity (Wildman–Crippen MR) is 67.4 cm³/mol. The number of nitro benzene ring substituents is 1. The van der Waals surface area contributed by atoms with E-state index in [9.17, 15) is 10.1 Å². The van der Waals surface area contributed by atoms with Crippen LogP contribution in [0.25, 0.3) is 11.1 Å². The summed E-state index contributed by atoms with van der Waals surface area (Å²) in [6.45, 7) is 0. The molecule has 1 radical (unpaired) electrons. The number of hydrogen-bond donors (Lipinski definition) is 0. The van der Waals surface area contributed by atoms with Crippen LogP contribution in [0, 0.1) is 16.2 Å². The topological polar surface area (TPSA) is 43.1 Å². The van der Waals surface area contributed by atoms with Gasteiger partial charge in [-0.15, -0.1) is 0 Å². The third kappa shape index (κ3) is 2.57. The second kappa shape index (κ2) is 4.73. The van der Waals surface area contributed by atoms with E-state index in [0.29, 0.717) is 21.2 Å². The van der Waals surface area contributed by atoms with Gasteiger partial charge < -0.3 is 0 Å². The molecule has 0 atom stereocenters. The van der Waals surface area contributed by atoms with Gasteiger partial charge in [-0.2, -0.15) is 0 Å². The molecule has 0 N–H and O–H groups in total. The first-order chi connectivity index (χ1) is 8.08. The lowest BCUT2D eigenvalue weighted by molar-refractivity contribution is -0.384. The van der Waals surface area contributed by atoms with Crippen molar-refractivity contribution in [2.24, 2.45) is 0 Å². The minimum atomic E-state index is -0.468. The maximum absolute atomic E-state index is 10.7. The summed E-state index contributed by atoms with van der Waals surface area (Å²) in [6, 6.07) is 12.2. The normalized spacial score (nSPS) is 10.2. The van der Waals surface area contributed by atoms with E-state index in [-0.39, 0.29) is 5.69 Å². The lowest BCUT2D eigenvalue weighted by atomic mass is 10.1. The molecule has 0 aliphatic carbocycles. The molecule has 0 saturated carbocycles. The van der Waals surface area contributed by atoms with Crippen LogP contribution >= 0.6 is 23.2 Å². The molecule has 0 aliphatic heterocycles. The Bertz CT molecular complexity index is 584. The molecule has 2 rings (SSSR count). The van der Waals surface area contributed by atoms with Crippen molar-refractivity contribution in [1.29, 1.82) is 0 Å². The van der Waals surface area contributed by atoms with Gasteiger partial charge in [-0.05, 0) is 29.8 Å². The standard InChI is InChI=1S/C12H6Cl2NO2/c13-9-3-1-2-8(6-9)11-7-10(15(16)17)4-5-12(11)14/h1,3-7H. The first-order valence-corrected chi connectivity index (χ1v) is 5.45. The molecule has 0 saturated heterocycles. The van der Waals surface area contributed by atoms with Crippen LogP contribution in [0.4, 0.5) is 5.69 Å².